The molecule has 0 aliphatic rings. The van der Waals surface area contributed by atoms with E-state index in [0.717, 1.165) is 5.56 Å². The first-order valence-electron chi connectivity index (χ1n) is 6.60. The van der Waals surface area contributed by atoms with Gasteiger partial charge in [-0.3, -0.25) is 10.1 Å². The molecule has 0 fully saturated rings. The van der Waals surface area contributed by atoms with Crippen LogP contribution in [0.3, 0.4) is 0 Å². The smallest absolute Gasteiger partial charge is 0.319 e. The Labute approximate surface area is 126 Å². The lowest BCUT2D eigenvalue weighted by molar-refractivity contribution is -0.385. The van der Waals surface area contributed by atoms with Crippen molar-refractivity contribution >= 4 is 17.4 Å². The van der Waals surface area contributed by atoms with Gasteiger partial charge < -0.3 is 15.2 Å². The normalized spacial score (nSPS) is 10.3. The second-order valence-electron chi connectivity index (χ2n) is 4.90. The number of aryl methyl sites for hydroxylation is 2. The van der Waals surface area contributed by atoms with Gasteiger partial charge in [0.05, 0.1) is 22.7 Å². The molecule has 116 valence electrons. The van der Waals surface area contributed by atoms with Crippen LogP contribution in [0.1, 0.15) is 22.6 Å². The SMILES string of the molecule is Cc1cc(CNC(=O)Nc2c(C)ccc([N+](=O)[O-])c2C)no1. The van der Waals surface area contributed by atoms with E-state index in [4.69, 9.17) is 4.52 Å². The molecule has 22 heavy (non-hydrogen) atoms. The number of benzene rings is 1. The van der Waals surface area contributed by atoms with E-state index in [0.29, 0.717) is 22.7 Å². The molecule has 0 atom stereocenters. The van der Waals surface area contributed by atoms with E-state index >= 15 is 0 Å². The van der Waals surface area contributed by atoms with Gasteiger partial charge in [0.25, 0.3) is 5.69 Å². The van der Waals surface area contributed by atoms with Crippen molar-refractivity contribution in [3.63, 3.8) is 0 Å². The fourth-order valence-corrected chi connectivity index (χ4v) is 2.06. The predicted molar refractivity (Wildman–Crippen MR) is 79.7 cm³/mol. The zero-order chi connectivity index (χ0) is 16.3. The number of hydrogen-bond acceptors (Lipinski definition) is 5. The summed E-state index contributed by atoms with van der Waals surface area (Å²) < 4.78 is 4.90. The van der Waals surface area contributed by atoms with Crippen LogP contribution in [0.5, 0.6) is 0 Å². The second kappa shape index (κ2) is 6.25. The van der Waals surface area contributed by atoms with Crippen molar-refractivity contribution in [1.82, 2.24) is 10.5 Å². The number of rotatable bonds is 4. The van der Waals surface area contributed by atoms with Gasteiger partial charge in [0.15, 0.2) is 0 Å². The Morgan fingerprint density at radius 1 is 1.36 bits per heavy atom. The molecule has 0 radical (unpaired) electrons. The molecule has 1 heterocycles. The molecule has 1 aromatic carbocycles. The van der Waals surface area contributed by atoms with E-state index < -0.39 is 11.0 Å². The van der Waals surface area contributed by atoms with Gasteiger partial charge in [-0.15, -0.1) is 0 Å². The molecule has 1 aromatic heterocycles. The highest BCUT2D eigenvalue weighted by Gasteiger charge is 2.17. The van der Waals surface area contributed by atoms with E-state index in [-0.39, 0.29) is 12.2 Å². The van der Waals surface area contributed by atoms with E-state index in [9.17, 15) is 14.9 Å². The lowest BCUT2D eigenvalue weighted by Crippen LogP contribution is -2.29. The Balaban J connectivity index is 2.08. The molecule has 2 rings (SSSR count). The number of anilines is 1. The molecule has 0 aliphatic heterocycles. The molecule has 2 amide bonds. The molecule has 0 saturated heterocycles. The molecule has 0 bridgehead atoms. The minimum atomic E-state index is -0.476. The van der Waals surface area contributed by atoms with Gasteiger partial charge in [0.1, 0.15) is 11.5 Å². The average molecular weight is 304 g/mol. The van der Waals surface area contributed by atoms with Crippen molar-refractivity contribution in [3.8, 4) is 0 Å². The number of urea groups is 1. The first-order valence-corrected chi connectivity index (χ1v) is 6.60. The maximum Gasteiger partial charge on any atom is 0.319 e. The van der Waals surface area contributed by atoms with Gasteiger partial charge in [0, 0.05) is 12.1 Å². The monoisotopic (exact) mass is 304 g/mol. The fraction of sp³-hybridized carbons (Fsp3) is 0.286. The molecule has 2 aromatic rings. The maximum absolute atomic E-state index is 11.9. The highest BCUT2D eigenvalue weighted by Crippen LogP contribution is 2.28. The Kier molecular flexibility index (Phi) is 4.40. The average Bonchev–Trinajstić information content (AvgIpc) is 2.86. The third-order valence-electron chi connectivity index (χ3n) is 3.19. The largest absolute Gasteiger partial charge is 0.361 e. The summed E-state index contributed by atoms with van der Waals surface area (Å²) in [4.78, 5) is 22.4. The van der Waals surface area contributed by atoms with Crippen LogP contribution in [0, 0.1) is 30.9 Å². The van der Waals surface area contributed by atoms with Crippen LogP contribution in [0.25, 0.3) is 0 Å². The third kappa shape index (κ3) is 3.40. The topological polar surface area (TPSA) is 110 Å². The van der Waals surface area contributed by atoms with Crippen molar-refractivity contribution < 1.29 is 14.2 Å². The number of nitro benzene ring substituents is 1. The number of amides is 2. The first-order chi connectivity index (χ1) is 10.4. The molecular weight excluding hydrogens is 288 g/mol. The molecular formula is C14H16N4O4. The summed E-state index contributed by atoms with van der Waals surface area (Å²) in [5.74, 6) is 0.655. The Morgan fingerprint density at radius 2 is 2.09 bits per heavy atom. The zero-order valence-electron chi connectivity index (χ0n) is 12.5. The van der Waals surface area contributed by atoms with Crippen LogP contribution >= 0.6 is 0 Å². The number of carbonyl (C=O) groups is 1. The van der Waals surface area contributed by atoms with Crippen LogP contribution in [0.4, 0.5) is 16.2 Å². The zero-order valence-corrected chi connectivity index (χ0v) is 12.5. The Bertz CT molecular complexity index is 724. The van der Waals surface area contributed by atoms with Crippen LogP contribution in [-0.2, 0) is 6.54 Å². The van der Waals surface area contributed by atoms with Gasteiger partial charge in [-0.1, -0.05) is 11.2 Å². The van der Waals surface area contributed by atoms with Crippen LogP contribution in [0.2, 0.25) is 0 Å². The third-order valence-corrected chi connectivity index (χ3v) is 3.19. The molecule has 8 heteroatoms. The predicted octanol–water partition coefficient (Wildman–Crippen LogP) is 2.83. The van der Waals surface area contributed by atoms with Gasteiger partial charge >= 0.3 is 6.03 Å². The van der Waals surface area contributed by atoms with E-state index in [1.807, 2.05) is 0 Å². The minimum Gasteiger partial charge on any atom is -0.361 e. The van der Waals surface area contributed by atoms with Gasteiger partial charge in [-0.25, -0.2) is 4.79 Å². The van der Waals surface area contributed by atoms with Crippen LogP contribution in [-0.4, -0.2) is 16.1 Å². The van der Waals surface area contributed by atoms with Crippen molar-refractivity contribution in [3.05, 3.63) is 50.9 Å². The highest BCUT2D eigenvalue weighted by atomic mass is 16.6. The summed E-state index contributed by atoms with van der Waals surface area (Å²) in [5.41, 5.74) is 2.16. The number of aromatic nitrogens is 1. The Hall–Kier alpha value is -2.90. The molecule has 8 nitrogen and oxygen atoms in total. The van der Waals surface area contributed by atoms with E-state index in [1.165, 1.54) is 6.07 Å². The van der Waals surface area contributed by atoms with Gasteiger partial charge in [-0.05, 0) is 26.3 Å². The van der Waals surface area contributed by atoms with Crippen molar-refractivity contribution in [1.29, 1.82) is 0 Å². The highest BCUT2D eigenvalue weighted by molar-refractivity contribution is 5.91. The van der Waals surface area contributed by atoms with Gasteiger partial charge in [-0.2, -0.15) is 0 Å². The minimum absolute atomic E-state index is 0.0342. The lowest BCUT2D eigenvalue weighted by atomic mass is 10.1. The first kappa shape index (κ1) is 15.5. The summed E-state index contributed by atoms with van der Waals surface area (Å²) in [7, 11) is 0. The molecule has 0 unspecified atom stereocenters. The summed E-state index contributed by atoms with van der Waals surface area (Å²) in [6, 6.07) is 4.27. The summed E-state index contributed by atoms with van der Waals surface area (Å²) in [6.07, 6.45) is 0. The van der Waals surface area contributed by atoms with E-state index in [2.05, 4.69) is 15.8 Å². The quantitative estimate of drug-likeness (QED) is 0.666. The van der Waals surface area contributed by atoms with Gasteiger partial charge in [0.2, 0.25) is 0 Å². The van der Waals surface area contributed by atoms with Crippen LogP contribution in [0.15, 0.2) is 22.7 Å². The Morgan fingerprint density at radius 3 is 2.68 bits per heavy atom. The standard InChI is InChI=1S/C14H16N4O4/c1-8-4-5-12(18(20)21)10(3)13(8)16-14(19)15-7-11-6-9(2)22-17-11/h4-6H,7H2,1-3H3,(H2,15,16,19). The number of nitro groups is 1. The molecule has 2 N–H and O–H groups in total. The molecule has 0 aliphatic carbocycles. The number of nitrogens with one attached hydrogen (secondary N) is 2. The summed E-state index contributed by atoms with van der Waals surface area (Å²) >= 11 is 0. The summed E-state index contributed by atoms with van der Waals surface area (Å²) in [6.45, 7) is 5.33. The van der Waals surface area contributed by atoms with Crippen molar-refractivity contribution in [2.75, 3.05) is 5.32 Å². The van der Waals surface area contributed by atoms with E-state index in [1.54, 1.807) is 32.9 Å². The summed E-state index contributed by atoms with van der Waals surface area (Å²) in [5, 5.41) is 20.0. The van der Waals surface area contributed by atoms with Crippen molar-refractivity contribution in [2.45, 2.75) is 27.3 Å². The second-order valence-corrected chi connectivity index (χ2v) is 4.90. The molecule has 0 saturated carbocycles. The number of carbonyl (C=O) groups excluding carboxylic acids is 1. The van der Waals surface area contributed by atoms with Crippen molar-refractivity contribution in [2.24, 2.45) is 0 Å². The van der Waals surface area contributed by atoms with Crippen LogP contribution < -0.4 is 10.6 Å². The number of hydrogen-bond donors (Lipinski definition) is 2. The lowest BCUT2D eigenvalue weighted by Gasteiger charge is -2.12. The number of nitrogens with zero attached hydrogens (tertiary/aromatic N) is 2. The molecule has 0 spiro atoms. The fourth-order valence-electron chi connectivity index (χ4n) is 2.06. The maximum atomic E-state index is 11.9.